The van der Waals surface area contributed by atoms with Crippen molar-refractivity contribution < 1.29 is 19.8 Å². The van der Waals surface area contributed by atoms with E-state index in [0.717, 1.165) is 6.42 Å². The predicted molar refractivity (Wildman–Crippen MR) is 42.4 cm³/mol. The molecule has 1 saturated heterocycles. The Balaban J connectivity index is 2.07. The van der Waals surface area contributed by atoms with E-state index in [1.807, 2.05) is 0 Å². The third kappa shape index (κ3) is 1.15. The molecular formula is C8H11NO4. The second kappa shape index (κ2) is 2.61. The first kappa shape index (κ1) is 8.34. The maximum Gasteiger partial charge on any atom is 0.407 e. The quantitative estimate of drug-likeness (QED) is 0.622. The molecule has 3 unspecified atom stereocenters. The van der Waals surface area contributed by atoms with Gasteiger partial charge in [-0.2, -0.15) is 0 Å². The van der Waals surface area contributed by atoms with Crippen molar-refractivity contribution in [2.45, 2.75) is 18.9 Å². The first-order chi connectivity index (χ1) is 6.09. The fraction of sp³-hybridized carbons (Fsp3) is 0.750. The first-order valence-corrected chi connectivity index (χ1v) is 4.32. The Morgan fingerprint density at radius 1 is 1.23 bits per heavy atom. The van der Waals surface area contributed by atoms with Gasteiger partial charge >= 0.3 is 12.1 Å². The summed E-state index contributed by atoms with van der Waals surface area (Å²) in [6.07, 6.45) is 0.298. The van der Waals surface area contributed by atoms with E-state index in [0.29, 0.717) is 13.0 Å². The van der Waals surface area contributed by atoms with Gasteiger partial charge in [0.05, 0.1) is 5.92 Å². The molecule has 0 aromatic heterocycles. The highest BCUT2D eigenvalue weighted by atomic mass is 16.4. The maximum absolute atomic E-state index is 10.7. The minimum Gasteiger partial charge on any atom is -0.481 e. The third-order valence-corrected chi connectivity index (χ3v) is 3.10. The van der Waals surface area contributed by atoms with E-state index in [-0.39, 0.29) is 17.9 Å². The molecule has 0 aromatic carbocycles. The lowest BCUT2D eigenvalue weighted by molar-refractivity contribution is -0.143. The van der Waals surface area contributed by atoms with Crippen LogP contribution in [0.3, 0.4) is 0 Å². The SMILES string of the molecule is O=C(O)C1CC2CC1CN2C(=O)O. The van der Waals surface area contributed by atoms with Gasteiger partial charge in [-0.1, -0.05) is 0 Å². The van der Waals surface area contributed by atoms with Gasteiger partial charge in [-0.05, 0) is 18.8 Å². The molecule has 13 heavy (non-hydrogen) atoms. The van der Waals surface area contributed by atoms with Crippen molar-refractivity contribution >= 4 is 12.1 Å². The molecule has 1 saturated carbocycles. The summed E-state index contributed by atoms with van der Waals surface area (Å²) in [6, 6.07) is -0.0522. The topological polar surface area (TPSA) is 77.8 Å². The van der Waals surface area contributed by atoms with Crippen molar-refractivity contribution in [3.63, 3.8) is 0 Å². The Labute approximate surface area is 75.0 Å². The van der Waals surface area contributed by atoms with Gasteiger partial charge in [-0.25, -0.2) is 4.79 Å². The van der Waals surface area contributed by atoms with Crippen LogP contribution < -0.4 is 0 Å². The van der Waals surface area contributed by atoms with Gasteiger partial charge in [0.15, 0.2) is 0 Å². The van der Waals surface area contributed by atoms with Crippen molar-refractivity contribution in [3.8, 4) is 0 Å². The van der Waals surface area contributed by atoms with Crippen molar-refractivity contribution in [1.29, 1.82) is 0 Å². The lowest BCUT2D eigenvalue weighted by Crippen LogP contribution is -2.40. The summed E-state index contributed by atoms with van der Waals surface area (Å²) < 4.78 is 0. The van der Waals surface area contributed by atoms with E-state index >= 15 is 0 Å². The number of carbonyl (C=O) groups is 2. The van der Waals surface area contributed by atoms with Gasteiger partial charge < -0.3 is 15.1 Å². The molecule has 5 nitrogen and oxygen atoms in total. The molecule has 2 N–H and O–H groups in total. The van der Waals surface area contributed by atoms with Crippen LogP contribution in [-0.4, -0.2) is 39.8 Å². The van der Waals surface area contributed by atoms with Crippen molar-refractivity contribution in [1.82, 2.24) is 4.90 Å². The highest BCUT2D eigenvalue weighted by molar-refractivity contribution is 5.73. The summed E-state index contributed by atoms with van der Waals surface area (Å²) in [5.74, 6) is -1.06. The van der Waals surface area contributed by atoms with E-state index in [2.05, 4.69) is 0 Å². The lowest BCUT2D eigenvalue weighted by atomic mass is 9.95. The molecule has 2 bridgehead atoms. The molecule has 1 aliphatic heterocycles. The van der Waals surface area contributed by atoms with Gasteiger partial charge in [0.2, 0.25) is 0 Å². The van der Waals surface area contributed by atoms with Gasteiger partial charge in [0.25, 0.3) is 0 Å². The number of hydrogen-bond acceptors (Lipinski definition) is 2. The molecule has 2 aliphatic rings. The number of likely N-dealkylation sites (tertiary alicyclic amines) is 1. The molecule has 1 heterocycles. The molecule has 0 aromatic rings. The smallest absolute Gasteiger partial charge is 0.407 e. The molecule has 1 amide bonds. The zero-order chi connectivity index (χ0) is 9.59. The summed E-state index contributed by atoms with van der Waals surface area (Å²) in [5.41, 5.74) is 0. The van der Waals surface area contributed by atoms with E-state index in [1.54, 1.807) is 0 Å². The zero-order valence-corrected chi connectivity index (χ0v) is 7.01. The van der Waals surface area contributed by atoms with Crippen LogP contribution in [0.15, 0.2) is 0 Å². The standard InChI is InChI=1S/C8H11NO4/c10-7(11)6-2-5-1-4(6)3-9(5)8(12)13/h4-6H,1-3H2,(H,10,11)(H,12,13). The highest BCUT2D eigenvalue weighted by Gasteiger charge is 2.49. The number of carboxylic acids is 1. The first-order valence-electron chi connectivity index (χ1n) is 4.32. The average molecular weight is 185 g/mol. The summed E-state index contributed by atoms with van der Waals surface area (Å²) in [4.78, 5) is 22.7. The number of piperidine rings is 1. The van der Waals surface area contributed by atoms with Crippen LogP contribution in [-0.2, 0) is 4.79 Å². The van der Waals surface area contributed by atoms with Crippen LogP contribution in [0.25, 0.3) is 0 Å². The summed E-state index contributed by atoms with van der Waals surface area (Å²) >= 11 is 0. The predicted octanol–water partition coefficient (Wildman–Crippen LogP) is 0.459. The number of carboxylic acid groups (broad SMARTS) is 2. The molecule has 0 radical (unpaired) electrons. The van der Waals surface area contributed by atoms with Crippen LogP contribution >= 0.6 is 0 Å². The fourth-order valence-electron chi connectivity index (χ4n) is 2.49. The zero-order valence-electron chi connectivity index (χ0n) is 7.01. The highest BCUT2D eigenvalue weighted by Crippen LogP contribution is 2.41. The second-order valence-corrected chi connectivity index (χ2v) is 3.76. The molecule has 1 aliphatic carbocycles. The Morgan fingerprint density at radius 3 is 2.31 bits per heavy atom. The molecule has 3 atom stereocenters. The van der Waals surface area contributed by atoms with Crippen LogP contribution in [0.1, 0.15) is 12.8 Å². The lowest BCUT2D eigenvalue weighted by Gasteiger charge is -2.27. The van der Waals surface area contributed by atoms with Crippen molar-refractivity contribution in [3.05, 3.63) is 0 Å². The number of fused-ring (bicyclic) bond motifs is 2. The van der Waals surface area contributed by atoms with Crippen LogP contribution in [0, 0.1) is 11.8 Å². The minimum absolute atomic E-state index is 0.0404. The molecule has 0 spiro atoms. The molecule has 2 rings (SSSR count). The van der Waals surface area contributed by atoms with E-state index in [9.17, 15) is 9.59 Å². The molecule has 5 heteroatoms. The number of rotatable bonds is 1. The monoisotopic (exact) mass is 185 g/mol. The van der Waals surface area contributed by atoms with E-state index < -0.39 is 12.1 Å². The minimum atomic E-state index is -0.920. The van der Waals surface area contributed by atoms with E-state index in [1.165, 1.54) is 4.90 Å². The van der Waals surface area contributed by atoms with Gasteiger partial charge in [-0.3, -0.25) is 4.79 Å². The van der Waals surface area contributed by atoms with Gasteiger partial charge in [-0.15, -0.1) is 0 Å². The van der Waals surface area contributed by atoms with Gasteiger partial charge in [0.1, 0.15) is 0 Å². The Hall–Kier alpha value is -1.26. The number of amides is 1. The van der Waals surface area contributed by atoms with Crippen LogP contribution in [0.2, 0.25) is 0 Å². The fourth-order valence-corrected chi connectivity index (χ4v) is 2.49. The largest absolute Gasteiger partial charge is 0.481 e. The van der Waals surface area contributed by atoms with Gasteiger partial charge in [0, 0.05) is 12.6 Å². The normalized spacial score (nSPS) is 36.6. The Bertz CT molecular complexity index is 239. The second-order valence-electron chi connectivity index (χ2n) is 3.76. The summed E-state index contributed by atoms with van der Waals surface area (Å²) in [5, 5.41) is 17.5. The third-order valence-electron chi connectivity index (χ3n) is 3.10. The van der Waals surface area contributed by atoms with Crippen molar-refractivity contribution in [2.75, 3.05) is 6.54 Å². The Morgan fingerprint density at radius 2 is 1.92 bits per heavy atom. The van der Waals surface area contributed by atoms with Crippen LogP contribution in [0.4, 0.5) is 4.79 Å². The van der Waals surface area contributed by atoms with Crippen LogP contribution in [0.5, 0.6) is 0 Å². The summed E-state index contributed by atoms with van der Waals surface area (Å²) in [7, 11) is 0. The molecule has 72 valence electrons. The average Bonchev–Trinajstić information content (AvgIpc) is 2.60. The summed E-state index contributed by atoms with van der Waals surface area (Å²) in [6.45, 7) is 0.400. The maximum atomic E-state index is 10.7. The molecular weight excluding hydrogens is 174 g/mol. The number of hydrogen-bond donors (Lipinski definition) is 2. The Kier molecular flexibility index (Phi) is 1.68. The van der Waals surface area contributed by atoms with E-state index in [4.69, 9.17) is 10.2 Å². The number of aliphatic carboxylic acids is 1. The number of nitrogens with zero attached hydrogens (tertiary/aromatic N) is 1. The van der Waals surface area contributed by atoms with Crippen molar-refractivity contribution in [2.24, 2.45) is 11.8 Å². The molecule has 2 fully saturated rings.